The average Bonchev–Trinajstić information content (AvgIpc) is 3.35. The van der Waals surface area contributed by atoms with Crippen molar-refractivity contribution >= 4 is 40.8 Å². The third-order valence-corrected chi connectivity index (χ3v) is 6.27. The minimum atomic E-state index is -1.08. The van der Waals surface area contributed by atoms with Crippen LogP contribution >= 0.6 is 23.2 Å². The lowest BCUT2D eigenvalue weighted by Gasteiger charge is -2.21. The number of hydrogen-bond donors (Lipinski definition) is 2. The van der Waals surface area contributed by atoms with E-state index in [9.17, 15) is 14.4 Å². The summed E-state index contributed by atoms with van der Waals surface area (Å²) in [6.45, 7) is 0.193. The number of hydrogen-bond acceptors (Lipinski definition) is 7. The number of amides is 1. The zero-order chi connectivity index (χ0) is 28.1. The van der Waals surface area contributed by atoms with Crippen LogP contribution in [0.15, 0.2) is 65.7 Å². The lowest BCUT2D eigenvalue weighted by molar-refractivity contribution is -0.119. The Balaban J connectivity index is 1.75. The van der Waals surface area contributed by atoms with Crippen molar-refractivity contribution < 1.29 is 24.2 Å². The van der Waals surface area contributed by atoms with Gasteiger partial charge in [0, 0.05) is 48.0 Å². The van der Waals surface area contributed by atoms with Crippen LogP contribution in [-0.4, -0.2) is 57.4 Å². The van der Waals surface area contributed by atoms with Crippen molar-refractivity contribution in [3.63, 3.8) is 0 Å². The minimum Gasteiger partial charge on any atom is -0.495 e. The molecule has 0 aliphatic rings. The molecule has 0 aliphatic carbocycles. The van der Waals surface area contributed by atoms with Gasteiger partial charge in [-0.3, -0.25) is 14.2 Å². The Morgan fingerprint density at radius 1 is 1.05 bits per heavy atom. The molecule has 1 unspecified atom stereocenters. The average molecular weight is 572 g/mol. The number of carboxylic acids is 1. The standard InChI is InChI=1S/C26H23Cl2N5O6/c1-38-10-9-21(25(35)29-17-6-3-15(4-7-17)26(36)37)32-13-22(39-2)19(12-24(32)34)18-11-16(27)5-8-20(18)33-14-23(28)30-31-33/h3-8,11-14,21H,9-10H2,1-2H3,(H,29,35)(H,36,37). The molecule has 0 saturated heterocycles. The molecule has 0 fully saturated rings. The lowest BCUT2D eigenvalue weighted by atomic mass is 10.0. The van der Waals surface area contributed by atoms with Gasteiger partial charge in [-0.25, -0.2) is 9.48 Å². The number of nitrogens with one attached hydrogen (secondary N) is 1. The van der Waals surface area contributed by atoms with E-state index in [2.05, 4.69) is 15.6 Å². The van der Waals surface area contributed by atoms with Crippen molar-refractivity contribution in [2.75, 3.05) is 26.1 Å². The maximum atomic E-state index is 13.4. The Kier molecular flexibility index (Phi) is 8.65. The fourth-order valence-corrected chi connectivity index (χ4v) is 4.28. The van der Waals surface area contributed by atoms with E-state index in [1.807, 2.05) is 0 Å². The van der Waals surface area contributed by atoms with Gasteiger partial charge in [0.2, 0.25) is 5.91 Å². The first kappa shape index (κ1) is 27.8. The highest BCUT2D eigenvalue weighted by Gasteiger charge is 2.24. The summed E-state index contributed by atoms with van der Waals surface area (Å²) < 4.78 is 13.5. The summed E-state index contributed by atoms with van der Waals surface area (Å²) in [7, 11) is 2.93. The second kappa shape index (κ2) is 12.1. The van der Waals surface area contributed by atoms with E-state index in [-0.39, 0.29) is 23.7 Å². The maximum Gasteiger partial charge on any atom is 0.335 e. The van der Waals surface area contributed by atoms with Gasteiger partial charge in [-0.05, 0) is 42.5 Å². The number of halogens is 2. The molecule has 0 bridgehead atoms. The summed E-state index contributed by atoms with van der Waals surface area (Å²) in [5, 5.41) is 20.2. The summed E-state index contributed by atoms with van der Waals surface area (Å²) in [6, 6.07) is 11.1. The molecule has 202 valence electrons. The van der Waals surface area contributed by atoms with Crippen molar-refractivity contribution in [2.24, 2.45) is 0 Å². The highest BCUT2D eigenvalue weighted by molar-refractivity contribution is 6.31. The fraction of sp³-hybridized carbons (Fsp3) is 0.192. The van der Waals surface area contributed by atoms with Crippen LogP contribution in [0.3, 0.4) is 0 Å². The largest absolute Gasteiger partial charge is 0.495 e. The molecule has 1 amide bonds. The Morgan fingerprint density at radius 2 is 1.79 bits per heavy atom. The molecule has 11 nitrogen and oxygen atoms in total. The molecule has 0 aliphatic heterocycles. The van der Waals surface area contributed by atoms with E-state index in [1.54, 1.807) is 18.2 Å². The Hall–Kier alpha value is -4.19. The van der Waals surface area contributed by atoms with Gasteiger partial charge in [0.15, 0.2) is 5.15 Å². The summed E-state index contributed by atoms with van der Waals surface area (Å²) in [5.41, 5.74) is 1.46. The van der Waals surface area contributed by atoms with Crippen molar-refractivity contribution in [3.05, 3.63) is 87.0 Å². The lowest BCUT2D eigenvalue weighted by Crippen LogP contribution is -2.34. The van der Waals surface area contributed by atoms with Gasteiger partial charge >= 0.3 is 5.97 Å². The smallest absolute Gasteiger partial charge is 0.335 e. The van der Waals surface area contributed by atoms with Crippen molar-refractivity contribution in [2.45, 2.75) is 12.5 Å². The van der Waals surface area contributed by atoms with Gasteiger partial charge in [0.05, 0.1) is 30.8 Å². The Morgan fingerprint density at radius 3 is 2.41 bits per heavy atom. The number of nitrogens with zero attached hydrogens (tertiary/aromatic N) is 4. The number of pyridine rings is 1. The molecule has 4 aromatic rings. The Labute approximate surface area is 232 Å². The summed E-state index contributed by atoms with van der Waals surface area (Å²) >= 11 is 12.2. The first-order valence-electron chi connectivity index (χ1n) is 11.5. The van der Waals surface area contributed by atoms with Crippen molar-refractivity contribution in [1.29, 1.82) is 0 Å². The van der Waals surface area contributed by atoms with Gasteiger partial charge in [0.1, 0.15) is 11.8 Å². The monoisotopic (exact) mass is 571 g/mol. The molecule has 0 spiro atoms. The van der Waals surface area contributed by atoms with E-state index in [0.717, 1.165) is 0 Å². The first-order valence-corrected chi connectivity index (χ1v) is 12.3. The molecular weight excluding hydrogens is 549 g/mol. The normalized spacial score (nSPS) is 11.7. The van der Waals surface area contributed by atoms with Gasteiger partial charge in [-0.1, -0.05) is 28.4 Å². The topological polar surface area (TPSA) is 138 Å². The highest BCUT2D eigenvalue weighted by Crippen LogP contribution is 2.35. The maximum absolute atomic E-state index is 13.4. The number of ether oxygens (including phenoxy) is 2. The molecular formula is C26H23Cl2N5O6. The summed E-state index contributed by atoms with van der Waals surface area (Å²) in [5.74, 6) is -1.28. The van der Waals surface area contributed by atoms with E-state index in [0.29, 0.717) is 33.3 Å². The van der Waals surface area contributed by atoms with Crippen LogP contribution in [0.5, 0.6) is 5.75 Å². The second-order valence-electron chi connectivity index (χ2n) is 8.32. The fourth-order valence-electron chi connectivity index (χ4n) is 3.98. The van der Waals surface area contributed by atoms with E-state index in [1.165, 1.54) is 66.2 Å². The first-order chi connectivity index (χ1) is 18.7. The van der Waals surface area contributed by atoms with Crippen LogP contribution in [0, 0.1) is 0 Å². The van der Waals surface area contributed by atoms with Gasteiger partial charge in [-0.2, -0.15) is 0 Å². The predicted molar refractivity (Wildman–Crippen MR) is 145 cm³/mol. The molecule has 39 heavy (non-hydrogen) atoms. The summed E-state index contributed by atoms with van der Waals surface area (Å²) in [4.78, 5) is 37.9. The van der Waals surface area contributed by atoms with Crippen LogP contribution in [-0.2, 0) is 9.53 Å². The number of benzene rings is 2. The van der Waals surface area contributed by atoms with Gasteiger partial charge in [-0.15, -0.1) is 5.10 Å². The molecule has 13 heteroatoms. The quantitative estimate of drug-likeness (QED) is 0.287. The number of rotatable bonds is 10. The molecule has 2 aromatic heterocycles. The Bertz CT molecular complexity index is 1570. The molecule has 0 radical (unpaired) electrons. The van der Waals surface area contributed by atoms with Crippen molar-refractivity contribution in [1.82, 2.24) is 19.6 Å². The van der Waals surface area contributed by atoms with E-state index >= 15 is 0 Å². The number of carboxylic acid groups (broad SMARTS) is 1. The third-order valence-electron chi connectivity index (χ3n) is 5.86. The molecule has 2 N–H and O–H groups in total. The van der Waals surface area contributed by atoms with Crippen LogP contribution < -0.4 is 15.6 Å². The zero-order valence-corrected chi connectivity index (χ0v) is 22.3. The third kappa shape index (κ3) is 6.28. The van der Waals surface area contributed by atoms with Gasteiger partial charge in [0.25, 0.3) is 5.56 Å². The molecule has 1 atom stereocenters. The van der Waals surface area contributed by atoms with Crippen LogP contribution in [0.4, 0.5) is 5.69 Å². The molecule has 0 saturated carbocycles. The molecule has 2 aromatic carbocycles. The van der Waals surface area contributed by atoms with Crippen LogP contribution in [0.1, 0.15) is 22.8 Å². The molecule has 4 rings (SSSR count). The van der Waals surface area contributed by atoms with Crippen molar-refractivity contribution in [3.8, 4) is 22.6 Å². The minimum absolute atomic E-state index is 0.0778. The number of aromatic nitrogens is 4. The van der Waals surface area contributed by atoms with Crippen LogP contribution in [0.25, 0.3) is 16.8 Å². The predicted octanol–water partition coefficient (Wildman–Crippen LogP) is 4.33. The number of methoxy groups -OCH3 is 2. The number of anilines is 1. The highest BCUT2D eigenvalue weighted by atomic mass is 35.5. The number of carbonyl (C=O) groups is 2. The summed E-state index contributed by atoms with van der Waals surface area (Å²) in [6.07, 6.45) is 3.14. The number of aromatic carboxylic acids is 1. The number of carbonyl (C=O) groups excluding carboxylic acids is 1. The van der Waals surface area contributed by atoms with E-state index < -0.39 is 23.5 Å². The second-order valence-corrected chi connectivity index (χ2v) is 9.14. The SMILES string of the molecule is COCCC(C(=O)Nc1ccc(C(=O)O)cc1)n1cc(OC)c(-c2cc(Cl)ccc2-n2cc(Cl)nn2)cc1=O. The van der Waals surface area contributed by atoms with E-state index in [4.69, 9.17) is 37.8 Å². The molecule has 2 heterocycles. The zero-order valence-electron chi connectivity index (χ0n) is 20.8. The van der Waals surface area contributed by atoms with Crippen LogP contribution in [0.2, 0.25) is 10.2 Å². The van der Waals surface area contributed by atoms with Gasteiger partial charge < -0.3 is 19.9 Å².